The summed E-state index contributed by atoms with van der Waals surface area (Å²) in [6.07, 6.45) is 10.7. The molecule has 37 heavy (non-hydrogen) atoms. The van der Waals surface area contributed by atoms with Gasteiger partial charge in [0.2, 0.25) is 5.91 Å². The van der Waals surface area contributed by atoms with Crippen molar-refractivity contribution >= 4 is 40.0 Å². The average molecular weight is 515 g/mol. The first-order valence-electron chi connectivity index (χ1n) is 12.5. The number of benzene rings is 1. The topological polar surface area (TPSA) is 96.0 Å². The molecule has 1 amide bonds. The zero-order valence-electron chi connectivity index (χ0n) is 20.2. The normalized spacial score (nSPS) is 20.7. The fourth-order valence-electron chi connectivity index (χ4n) is 5.77. The summed E-state index contributed by atoms with van der Waals surface area (Å²) in [4.78, 5) is 31.1. The number of hydrogen-bond donors (Lipinski definition) is 2. The van der Waals surface area contributed by atoms with Crippen LogP contribution in [0.5, 0.6) is 5.75 Å². The summed E-state index contributed by atoms with van der Waals surface area (Å²) < 4.78 is 5.86. The highest BCUT2D eigenvalue weighted by molar-refractivity contribution is 6.32. The first-order chi connectivity index (χ1) is 18.1. The van der Waals surface area contributed by atoms with Gasteiger partial charge in [0.25, 0.3) is 0 Å². The number of amides is 1. The van der Waals surface area contributed by atoms with Crippen LogP contribution in [-0.4, -0.2) is 42.8 Å². The van der Waals surface area contributed by atoms with E-state index in [1.165, 1.54) is 11.6 Å². The molecule has 6 rings (SSSR count). The lowest BCUT2D eigenvalue weighted by Gasteiger charge is -2.38. The maximum Gasteiger partial charge on any atom is 0.246 e. The maximum atomic E-state index is 12.4. The van der Waals surface area contributed by atoms with Crippen molar-refractivity contribution in [2.75, 3.05) is 5.32 Å². The Labute approximate surface area is 219 Å². The minimum atomic E-state index is 0.0416. The summed E-state index contributed by atoms with van der Waals surface area (Å²) in [6, 6.07) is 11.8. The van der Waals surface area contributed by atoms with Crippen LogP contribution < -0.4 is 10.1 Å². The van der Waals surface area contributed by atoms with Gasteiger partial charge in [-0.15, -0.1) is 0 Å². The van der Waals surface area contributed by atoms with E-state index in [2.05, 4.69) is 31.8 Å². The van der Waals surface area contributed by atoms with Gasteiger partial charge in [-0.3, -0.25) is 9.78 Å². The Morgan fingerprint density at radius 1 is 1.19 bits per heavy atom. The van der Waals surface area contributed by atoms with Gasteiger partial charge >= 0.3 is 0 Å². The first kappa shape index (κ1) is 23.5. The van der Waals surface area contributed by atoms with Crippen LogP contribution in [0.15, 0.2) is 67.8 Å². The van der Waals surface area contributed by atoms with Crippen molar-refractivity contribution in [2.24, 2.45) is 0 Å². The highest BCUT2D eigenvalue weighted by Gasteiger charge is 2.43. The monoisotopic (exact) mass is 514 g/mol. The number of anilines is 2. The molecular weight excluding hydrogens is 488 g/mol. The van der Waals surface area contributed by atoms with Crippen LogP contribution >= 0.6 is 11.6 Å². The van der Waals surface area contributed by atoms with Gasteiger partial charge in [0.15, 0.2) is 0 Å². The van der Waals surface area contributed by atoms with Crippen molar-refractivity contribution in [3.63, 3.8) is 0 Å². The predicted molar refractivity (Wildman–Crippen MR) is 143 cm³/mol. The predicted octanol–water partition coefficient (Wildman–Crippen LogP) is 5.75. The third kappa shape index (κ3) is 4.53. The zero-order chi connectivity index (χ0) is 25.4. The van der Waals surface area contributed by atoms with Gasteiger partial charge in [0.1, 0.15) is 30.1 Å². The number of carbonyl (C=O) groups excluding carboxylic acids is 1. The van der Waals surface area contributed by atoms with E-state index in [0.29, 0.717) is 23.3 Å². The Hall–Kier alpha value is -3.91. The van der Waals surface area contributed by atoms with Gasteiger partial charge in [-0.2, -0.15) is 0 Å². The number of pyridine rings is 1. The largest absolute Gasteiger partial charge is 0.486 e. The molecule has 2 fully saturated rings. The highest BCUT2D eigenvalue weighted by Crippen LogP contribution is 2.45. The lowest BCUT2D eigenvalue weighted by atomic mass is 9.85. The van der Waals surface area contributed by atoms with Crippen molar-refractivity contribution in [3.8, 4) is 5.75 Å². The second-order valence-corrected chi connectivity index (χ2v) is 9.98. The summed E-state index contributed by atoms with van der Waals surface area (Å²) >= 11 is 6.54. The van der Waals surface area contributed by atoms with E-state index in [1.807, 2.05) is 47.5 Å². The smallest absolute Gasteiger partial charge is 0.246 e. The first-order valence-corrected chi connectivity index (χ1v) is 12.8. The van der Waals surface area contributed by atoms with E-state index in [0.717, 1.165) is 53.9 Å². The minimum Gasteiger partial charge on any atom is -0.486 e. The number of nitrogens with one attached hydrogen (secondary N) is 2. The van der Waals surface area contributed by atoms with Gasteiger partial charge in [-0.1, -0.05) is 24.2 Å². The van der Waals surface area contributed by atoms with Crippen LogP contribution in [0, 0.1) is 0 Å². The summed E-state index contributed by atoms with van der Waals surface area (Å²) in [7, 11) is 0. The fraction of sp³-hybridized carbons (Fsp3) is 0.286. The summed E-state index contributed by atoms with van der Waals surface area (Å²) in [6.45, 7) is 4.03. The number of H-pyrrole nitrogens is 1. The molecule has 0 radical (unpaired) electrons. The molecule has 3 aromatic heterocycles. The molecule has 4 aromatic rings. The van der Waals surface area contributed by atoms with Crippen molar-refractivity contribution in [1.82, 2.24) is 24.8 Å². The van der Waals surface area contributed by atoms with Gasteiger partial charge in [0, 0.05) is 30.2 Å². The van der Waals surface area contributed by atoms with Crippen LogP contribution in [-0.2, 0) is 11.4 Å². The van der Waals surface area contributed by atoms with E-state index in [4.69, 9.17) is 16.3 Å². The van der Waals surface area contributed by atoms with Crippen LogP contribution in [0.25, 0.3) is 11.0 Å². The number of rotatable bonds is 7. The lowest BCUT2D eigenvalue weighted by Crippen LogP contribution is -2.45. The Morgan fingerprint density at radius 2 is 2.03 bits per heavy atom. The molecule has 2 N–H and O–H groups in total. The van der Waals surface area contributed by atoms with Gasteiger partial charge < -0.3 is 19.9 Å². The molecule has 0 spiro atoms. The number of aromatic nitrogens is 4. The molecular formula is C28H27ClN6O2. The Morgan fingerprint density at radius 3 is 2.76 bits per heavy atom. The van der Waals surface area contributed by atoms with E-state index in [9.17, 15) is 4.79 Å². The molecule has 5 heterocycles. The van der Waals surface area contributed by atoms with E-state index >= 15 is 0 Å². The number of fused-ring (bicyclic) bond motifs is 3. The SMILES string of the molecule is C=CC(=O)N1[C@@H]2CC[C@H]1C[C@@H](c1c[nH]c3ncnc(Nc4ccc(OCc5ccccn5)c(Cl)c4)c13)C2. The van der Waals surface area contributed by atoms with Gasteiger partial charge in [-0.25, -0.2) is 9.97 Å². The Bertz CT molecular complexity index is 1440. The van der Waals surface area contributed by atoms with Gasteiger partial charge in [0.05, 0.1) is 16.1 Å². The number of piperidine rings is 1. The number of hydrogen-bond acceptors (Lipinski definition) is 6. The maximum absolute atomic E-state index is 12.4. The summed E-state index contributed by atoms with van der Waals surface area (Å²) in [5.74, 6) is 1.67. The number of carbonyl (C=O) groups is 1. The summed E-state index contributed by atoms with van der Waals surface area (Å²) in [5, 5.41) is 4.90. The third-order valence-electron chi connectivity index (χ3n) is 7.40. The Kier molecular flexibility index (Phi) is 6.26. The molecule has 0 saturated carbocycles. The third-order valence-corrected chi connectivity index (χ3v) is 7.69. The molecule has 3 atom stereocenters. The molecule has 2 saturated heterocycles. The number of halogens is 1. The van der Waals surface area contributed by atoms with Crippen LogP contribution in [0.1, 0.15) is 42.9 Å². The van der Waals surface area contributed by atoms with Crippen LogP contribution in [0.3, 0.4) is 0 Å². The van der Waals surface area contributed by atoms with E-state index in [1.54, 1.807) is 12.5 Å². The van der Waals surface area contributed by atoms with E-state index < -0.39 is 0 Å². The molecule has 2 bridgehead atoms. The van der Waals surface area contributed by atoms with Gasteiger partial charge in [-0.05, 0) is 73.6 Å². The number of ether oxygens (including phenoxy) is 1. The van der Waals surface area contributed by atoms with Crippen molar-refractivity contribution in [3.05, 3.63) is 84.1 Å². The lowest BCUT2D eigenvalue weighted by molar-refractivity contribution is -0.130. The van der Waals surface area contributed by atoms with Crippen molar-refractivity contribution in [2.45, 2.75) is 50.3 Å². The molecule has 2 aliphatic rings. The molecule has 0 unspecified atom stereocenters. The quantitative estimate of drug-likeness (QED) is 0.305. The summed E-state index contributed by atoms with van der Waals surface area (Å²) in [5.41, 5.74) is 3.60. The minimum absolute atomic E-state index is 0.0416. The molecule has 2 aliphatic heterocycles. The zero-order valence-corrected chi connectivity index (χ0v) is 21.0. The van der Waals surface area contributed by atoms with Crippen molar-refractivity contribution in [1.29, 1.82) is 0 Å². The molecule has 0 aliphatic carbocycles. The molecule has 9 heteroatoms. The van der Waals surface area contributed by atoms with E-state index in [-0.39, 0.29) is 18.0 Å². The second-order valence-electron chi connectivity index (χ2n) is 9.57. The Balaban J connectivity index is 1.23. The number of aromatic amines is 1. The van der Waals surface area contributed by atoms with Crippen LogP contribution in [0.2, 0.25) is 5.02 Å². The average Bonchev–Trinajstić information content (AvgIpc) is 3.47. The number of nitrogens with zero attached hydrogens (tertiary/aromatic N) is 4. The standard InChI is InChI=1S/C28H27ClN6O2/c1-2-25(36)35-20-7-8-21(35)12-17(11-20)22-14-31-27-26(22)28(33-16-32-27)34-18-6-9-24(23(29)13-18)37-15-19-5-3-4-10-30-19/h2-6,9-10,13-14,16-17,20-21H,1,7-8,11-12,15H2,(H2,31,32,33,34)/t17-,20+,21-. The molecule has 1 aromatic carbocycles. The molecule has 188 valence electrons. The van der Waals surface area contributed by atoms with Crippen LogP contribution in [0.4, 0.5) is 11.5 Å². The van der Waals surface area contributed by atoms with Crippen molar-refractivity contribution < 1.29 is 9.53 Å². The highest BCUT2D eigenvalue weighted by atomic mass is 35.5. The molecule has 8 nitrogen and oxygen atoms in total. The fourth-order valence-corrected chi connectivity index (χ4v) is 6.00. The second kappa shape index (κ2) is 9.86.